The molecule has 2 rings (SSSR count). The van der Waals surface area contributed by atoms with Crippen molar-refractivity contribution in [3.63, 3.8) is 0 Å². The van der Waals surface area contributed by atoms with Gasteiger partial charge in [-0.3, -0.25) is 4.79 Å². The second-order valence-electron chi connectivity index (χ2n) is 7.67. The van der Waals surface area contributed by atoms with Gasteiger partial charge >= 0.3 is 5.97 Å². The van der Waals surface area contributed by atoms with Crippen LogP contribution in [-0.2, 0) is 14.8 Å². The van der Waals surface area contributed by atoms with Crippen molar-refractivity contribution in [2.75, 3.05) is 13.2 Å². The Morgan fingerprint density at radius 1 is 1.10 bits per heavy atom. The molecule has 0 spiro atoms. The van der Waals surface area contributed by atoms with Crippen molar-refractivity contribution in [1.82, 2.24) is 9.29 Å². The number of aryl methyl sites for hydroxylation is 1. The zero-order chi connectivity index (χ0) is 22.6. The van der Waals surface area contributed by atoms with Gasteiger partial charge in [0.1, 0.15) is 5.69 Å². The number of H-pyrrole nitrogens is 1. The highest BCUT2D eigenvalue weighted by Gasteiger charge is 2.36. The Hall–Kier alpha value is -2.45. The Bertz CT molecular complexity index is 1010. The maximum Gasteiger partial charge on any atom is 0.355 e. The minimum Gasteiger partial charge on any atom is -0.461 e. The van der Waals surface area contributed by atoms with E-state index in [1.54, 1.807) is 45.9 Å². The molecule has 0 saturated heterocycles. The monoisotopic (exact) mass is 434 g/mol. The van der Waals surface area contributed by atoms with Crippen LogP contribution in [0, 0.1) is 19.8 Å². The standard InChI is InChI=1S/C22H30N2O5S/c1-7-29-22(26)20-15(4)19(16(5)23-20)21(25)17(6)24(13-14(2)3)30(27,28)18-11-9-8-10-12-18/h8-12,14,17,23H,7,13H2,1-6H3/t17-/m0/s1. The van der Waals surface area contributed by atoms with E-state index in [4.69, 9.17) is 4.74 Å². The molecule has 0 saturated carbocycles. The molecule has 0 bridgehead atoms. The Kier molecular flexibility index (Phi) is 7.60. The molecular weight excluding hydrogens is 404 g/mol. The van der Waals surface area contributed by atoms with Gasteiger partial charge in [-0.05, 0) is 51.3 Å². The van der Waals surface area contributed by atoms with Crippen molar-refractivity contribution in [1.29, 1.82) is 0 Å². The van der Waals surface area contributed by atoms with Crippen LogP contribution in [0.1, 0.15) is 59.8 Å². The van der Waals surface area contributed by atoms with Crippen molar-refractivity contribution < 1.29 is 22.7 Å². The van der Waals surface area contributed by atoms with E-state index < -0.39 is 22.0 Å². The number of hydrogen-bond donors (Lipinski definition) is 1. The minimum atomic E-state index is -3.88. The number of nitrogens with zero attached hydrogens (tertiary/aromatic N) is 1. The average molecular weight is 435 g/mol. The Morgan fingerprint density at radius 3 is 2.23 bits per heavy atom. The van der Waals surface area contributed by atoms with Crippen LogP contribution < -0.4 is 0 Å². The summed E-state index contributed by atoms with van der Waals surface area (Å²) >= 11 is 0. The lowest BCUT2D eigenvalue weighted by Crippen LogP contribution is -2.45. The van der Waals surface area contributed by atoms with E-state index >= 15 is 0 Å². The maximum atomic E-state index is 13.4. The molecule has 0 amide bonds. The summed E-state index contributed by atoms with van der Waals surface area (Å²) in [4.78, 5) is 28.6. The van der Waals surface area contributed by atoms with Crippen LogP contribution in [0.4, 0.5) is 0 Å². The Labute approximate surface area is 178 Å². The summed E-state index contributed by atoms with van der Waals surface area (Å²) in [5.74, 6) is -0.889. The number of ketones is 1. The van der Waals surface area contributed by atoms with Gasteiger partial charge in [0.25, 0.3) is 0 Å². The molecular formula is C22H30N2O5S. The predicted molar refractivity (Wildman–Crippen MR) is 115 cm³/mol. The van der Waals surface area contributed by atoms with E-state index in [0.717, 1.165) is 0 Å². The molecule has 0 aliphatic rings. The topological polar surface area (TPSA) is 96.5 Å². The van der Waals surface area contributed by atoms with Gasteiger partial charge in [-0.1, -0.05) is 32.0 Å². The fourth-order valence-corrected chi connectivity index (χ4v) is 5.20. The molecule has 0 aliphatic heterocycles. The van der Waals surface area contributed by atoms with Gasteiger partial charge in [0, 0.05) is 17.8 Å². The molecule has 1 aromatic heterocycles. The van der Waals surface area contributed by atoms with Gasteiger partial charge < -0.3 is 9.72 Å². The highest BCUT2D eigenvalue weighted by atomic mass is 32.2. The van der Waals surface area contributed by atoms with Gasteiger partial charge in [-0.2, -0.15) is 4.31 Å². The molecule has 0 aliphatic carbocycles. The first-order valence-electron chi connectivity index (χ1n) is 9.99. The summed E-state index contributed by atoms with van der Waals surface area (Å²) in [5, 5.41) is 0. The molecule has 0 fully saturated rings. The number of aromatic nitrogens is 1. The number of carbonyl (C=O) groups is 2. The number of hydrogen-bond acceptors (Lipinski definition) is 5. The summed E-state index contributed by atoms with van der Waals surface area (Å²) in [6.45, 7) is 10.8. The highest BCUT2D eigenvalue weighted by molar-refractivity contribution is 7.89. The zero-order valence-electron chi connectivity index (χ0n) is 18.4. The van der Waals surface area contributed by atoms with Crippen molar-refractivity contribution in [3.8, 4) is 0 Å². The Balaban J connectivity index is 2.48. The number of esters is 1. The van der Waals surface area contributed by atoms with Crippen LogP contribution in [0.15, 0.2) is 35.2 Å². The van der Waals surface area contributed by atoms with Crippen molar-refractivity contribution >= 4 is 21.8 Å². The van der Waals surface area contributed by atoms with Gasteiger partial charge in [0.05, 0.1) is 17.5 Å². The van der Waals surface area contributed by atoms with E-state index in [0.29, 0.717) is 16.8 Å². The lowest BCUT2D eigenvalue weighted by atomic mass is 10.0. The van der Waals surface area contributed by atoms with Gasteiger partial charge in [-0.15, -0.1) is 0 Å². The lowest BCUT2D eigenvalue weighted by Gasteiger charge is -2.29. The third-order valence-electron chi connectivity index (χ3n) is 4.87. The molecule has 1 aromatic carbocycles. The number of benzene rings is 1. The van der Waals surface area contributed by atoms with Crippen LogP contribution in [0.5, 0.6) is 0 Å². The van der Waals surface area contributed by atoms with E-state index in [2.05, 4.69) is 4.98 Å². The summed E-state index contributed by atoms with van der Waals surface area (Å²) in [7, 11) is -3.88. The molecule has 1 N–H and O–H groups in total. The summed E-state index contributed by atoms with van der Waals surface area (Å²) in [6.07, 6.45) is 0. The summed E-state index contributed by atoms with van der Waals surface area (Å²) < 4.78 is 32.9. The quantitative estimate of drug-likeness (QED) is 0.479. The van der Waals surface area contributed by atoms with Crippen LogP contribution in [-0.4, -0.2) is 48.7 Å². The third kappa shape index (κ3) is 4.82. The first-order valence-corrected chi connectivity index (χ1v) is 11.4. The smallest absolute Gasteiger partial charge is 0.355 e. The van der Waals surface area contributed by atoms with Crippen LogP contribution >= 0.6 is 0 Å². The van der Waals surface area contributed by atoms with Gasteiger partial charge in [0.15, 0.2) is 5.78 Å². The maximum absolute atomic E-state index is 13.4. The zero-order valence-corrected chi connectivity index (χ0v) is 19.2. The first kappa shape index (κ1) is 23.8. The molecule has 30 heavy (non-hydrogen) atoms. The van der Waals surface area contributed by atoms with E-state index in [-0.39, 0.29) is 35.4 Å². The van der Waals surface area contributed by atoms with Crippen LogP contribution in [0.2, 0.25) is 0 Å². The third-order valence-corrected chi connectivity index (χ3v) is 6.82. The second kappa shape index (κ2) is 9.57. The first-order chi connectivity index (χ1) is 14.0. The van der Waals surface area contributed by atoms with Gasteiger partial charge in [0.2, 0.25) is 10.0 Å². The largest absolute Gasteiger partial charge is 0.461 e. The number of nitrogens with one attached hydrogen (secondary N) is 1. The normalized spacial score (nSPS) is 12.9. The fourth-order valence-electron chi connectivity index (χ4n) is 3.42. The number of aromatic amines is 1. The lowest BCUT2D eigenvalue weighted by molar-refractivity contribution is 0.0519. The molecule has 0 radical (unpaired) electrons. The molecule has 1 heterocycles. The van der Waals surface area contributed by atoms with Crippen molar-refractivity contribution in [2.24, 2.45) is 5.92 Å². The summed E-state index contributed by atoms with van der Waals surface area (Å²) in [5.41, 5.74) is 1.51. The molecule has 2 aromatic rings. The van der Waals surface area contributed by atoms with E-state index in [1.807, 2.05) is 13.8 Å². The van der Waals surface area contributed by atoms with Gasteiger partial charge in [-0.25, -0.2) is 13.2 Å². The molecule has 7 nitrogen and oxygen atoms in total. The van der Waals surface area contributed by atoms with E-state index in [9.17, 15) is 18.0 Å². The Morgan fingerprint density at radius 2 is 1.70 bits per heavy atom. The highest BCUT2D eigenvalue weighted by Crippen LogP contribution is 2.26. The molecule has 164 valence electrons. The molecule has 8 heteroatoms. The number of rotatable bonds is 9. The number of sulfonamides is 1. The number of ether oxygens (including phenoxy) is 1. The van der Waals surface area contributed by atoms with Crippen LogP contribution in [0.25, 0.3) is 0 Å². The van der Waals surface area contributed by atoms with E-state index in [1.165, 1.54) is 16.4 Å². The molecule has 1 atom stereocenters. The number of Topliss-reactive ketones (excluding diaryl/α,β-unsaturated/α-hetero) is 1. The summed E-state index contributed by atoms with van der Waals surface area (Å²) in [6, 6.07) is 7.14. The average Bonchev–Trinajstić information content (AvgIpc) is 3.00. The molecule has 0 unspecified atom stereocenters. The van der Waals surface area contributed by atoms with Crippen molar-refractivity contribution in [2.45, 2.75) is 52.5 Å². The fraction of sp³-hybridized carbons (Fsp3) is 0.455. The second-order valence-corrected chi connectivity index (χ2v) is 9.56. The van der Waals surface area contributed by atoms with Crippen LogP contribution in [0.3, 0.4) is 0 Å². The van der Waals surface area contributed by atoms with Crippen molar-refractivity contribution in [3.05, 3.63) is 52.8 Å². The number of carbonyl (C=O) groups excluding carboxylic acids is 2. The SMILES string of the molecule is CCOC(=O)c1[nH]c(C)c(C(=O)[C@H](C)N(CC(C)C)S(=O)(=O)c2ccccc2)c1C. The minimum absolute atomic E-state index is 0.0160. The predicted octanol–water partition coefficient (Wildman–Crippen LogP) is 3.73.